The summed E-state index contributed by atoms with van der Waals surface area (Å²) in [6.45, 7) is 3.37. The molecule has 0 aliphatic carbocycles. The third kappa shape index (κ3) is 5.04. The summed E-state index contributed by atoms with van der Waals surface area (Å²) < 4.78 is 32.2. The first kappa shape index (κ1) is 26.9. The number of rotatable bonds is 5. The van der Waals surface area contributed by atoms with Crippen LogP contribution in [0.3, 0.4) is 0 Å². The van der Waals surface area contributed by atoms with Crippen LogP contribution in [0.2, 0.25) is 0 Å². The number of carbonyl (C=O) groups excluding carboxylic acids is 2. The molecule has 3 rings (SSSR count). The Hall–Kier alpha value is -0.110. The topological polar surface area (TPSA) is 141 Å². The van der Waals surface area contributed by atoms with Crippen LogP contribution in [-0.2, 0) is 24.5 Å². The van der Waals surface area contributed by atoms with Crippen LogP contribution in [0.5, 0.6) is 0 Å². The minimum atomic E-state index is -4.77. The number of amides is 2. The molecule has 1 aromatic rings. The summed E-state index contributed by atoms with van der Waals surface area (Å²) in [4.78, 5) is 37.7. The Morgan fingerprint density at radius 3 is 2.24 bits per heavy atom. The Bertz CT molecular complexity index is 911. The maximum absolute atomic E-state index is 12.6. The van der Waals surface area contributed by atoms with Crippen LogP contribution in [0.1, 0.15) is 24.7 Å². The first-order chi connectivity index (χ1) is 12.4. The molecule has 2 amide bonds. The average molecular weight is 460 g/mol. The Balaban J connectivity index is 0.00000210. The van der Waals surface area contributed by atoms with E-state index in [2.05, 4.69) is 5.32 Å². The van der Waals surface area contributed by atoms with Gasteiger partial charge < -0.3 is 15.3 Å². The van der Waals surface area contributed by atoms with Gasteiger partial charge in [0, 0.05) is 63.9 Å². The molecule has 4 atom stereocenters. The van der Waals surface area contributed by atoms with Crippen LogP contribution in [0.25, 0.3) is 0 Å². The number of aliphatic carboxylic acids is 1. The monoisotopic (exact) mass is 460 g/mol. The van der Waals surface area contributed by atoms with Gasteiger partial charge >= 0.3 is 5.97 Å². The van der Waals surface area contributed by atoms with E-state index in [4.69, 9.17) is 0 Å². The first-order valence-corrected chi connectivity index (χ1v) is 10.4. The molecule has 2 aliphatic rings. The van der Waals surface area contributed by atoms with Gasteiger partial charge in [-0.25, -0.2) is 4.79 Å². The van der Waals surface area contributed by atoms with Crippen molar-refractivity contribution in [2.75, 3.05) is 0 Å². The number of carbonyl (C=O) groups is 3. The molecule has 13 heteroatoms. The van der Waals surface area contributed by atoms with E-state index in [1.54, 1.807) is 19.9 Å². The van der Waals surface area contributed by atoms with Gasteiger partial charge in [-0.1, -0.05) is 30.3 Å². The molecule has 2 aliphatic heterocycles. The molecule has 3 N–H and O–H groups in total. The maximum atomic E-state index is 12.6. The minimum Gasteiger partial charge on any atom is -0.480 e. The predicted molar refractivity (Wildman–Crippen MR) is 108 cm³/mol. The second kappa shape index (κ2) is 9.58. The summed E-state index contributed by atoms with van der Waals surface area (Å²) in [7, 11) is -4.77. The largest absolute Gasteiger partial charge is 0.480 e. The van der Waals surface area contributed by atoms with Gasteiger partial charge in [-0.3, -0.25) is 14.1 Å². The van der Waals surface area contributed by atoms with Crippen LogP contribution in [0.4, 0.5) is 0 Å². The van der Waals surface area contributed by atoms with Crippen molar-refractivity contribution in [3.63, 3.8) is 0 Å². The Morgan fingerprint density at radius 1 is 1.21 bits per heavy atom. The zero-order valence-electron chi connectivity index (χ0n) is 16.4. The molecule has 1 aromatic carbocycles. The van der Waals surface area contributed by atoms with Crippen LogP contribution < -0.4 is 5.32 Å². The van der Waals surface area contributed by atoms with Gasteiger partial charge in [0.25, 0.3) is 10.1 Å². The zero-order valence-corrected chi connectivity index (χ0v) is 22.0. The number of carboxylic acid groups (broad SMARTS) is 1. The molecule has 0 bridgehead atoms. The van der Waals surface area contributed by atoms with Crippen molar-refractivity contribution in [3.05, 3.63) is 35.9 Å². The van der Waals surface area contributed by atoms with Crippen molar-refractivity contribution in [1.29, 1.82) is 0 Å². The molecule has 0 unspecified atom stereocenters. The van der Waals surface area contributed by atoms with E-state index in [1.807, 2.05) is 0 Å². The second-order valence-corrected chi connectivity index (χ2v) is 10.2. The molecule has 2 fully saturated rings. The number of hydrogen-bond donors (Lipinski definition) is 3. The molecule has 2 radical (unpaired) electrons. The molecule has 2 saturated heterocycles. The summed E-state index contributed by atoms with van der Waals surface area (Å²) in [6.07, 6.45) is 0. The van der Waals surface area contributed by atoms with Crippen LogP contribution >= 0.6 is 11.8 Å². The van der Waals surface area contributed by atoms with Gasteiger partial charge in [0.2, 0.25) is 11.8 Å². The zero-order chi connectivity index (χ0) is 20.1. The molecule has 0 spiro atoms. The molecule has 148 valence electrons. The van der Waals surface area contributed by atoms with E-state index in [9.17, 15) is 32.5 Å². The number of hydrogen-bond acceptors (Lipinski definition) is 6. The standard InChI is InChI=1S/C16H18N2O7S2.2Na/c1-16(2)11(15(21)22)18-13(20)9(14(18)26-16)17-12(19)10(27(23,24)25)8-6-4-3-5-7-8;;/h3-7,9-11,14H,1-2H3,(H,17,19)(H,21,22)(H,23,24,25);;/t9-,10-,11+,14-;;/m1../s1. The van der Waals surface area contributed by atoms with Crippen molar-refractivity contribution in [2.24, 2.45) is 0 Å². The number of nitrogens with zero attached hydrogens (tertiary/aromatic N) is 1. The van der Waals surface area contributed by atoms with Gasteiger partial charge in [0.05, 0.1) is 0 Å². The molecule has 0 saturated carbocycles. The minimum absolute atomic E-state index is 0. The summed E-state index contributed by atoms with van der Waals surface area (Å²) in [5.41, 5.74) is 0.0592. The molecule has 29 heavy (non-hydrogen) atoms. The van der Waals surface area contributed by atoms with E-state index in [1.165, 1.54) is 40.9 Å². The van der Waals surface area contributed by atoms with Crippen molar-refractivity contribution in [1.82, 2.24) is 10.2 Å². The quantitative estimate of drug-likeness (QED) is 0.303. The van der Waals surface area contributed by atoms with Gasteiger partial charge in [-0.15, -0.1) is 11.8 Å². The third-order valence-corrected chi connectivity index (χ3v) is 7.26. The smallest absolute Gasteiger partial charge is 0.327 e. The number of fused-ring (bicyclic) bond motifs is 1. The predicted octanol–water partition coefficient (Wildman–Crippen LogP) is -0.514. The van der Waals surface area contributed by atoms with Crippen molar-refractivity contribution in [3.8, 4) is 0 Å². The Kier molecular flexibility index (Phi) is 8.89. The van der Waals surface area contributed by atoms with Gasteiger partial charge in [0.15, 0.2) is 5.25 Å². The summed E-state index contributed by atoms with van der Waals surface area (Å²) in [5, 5.41) is 9.26. The van der Waals surface area contributed by atoms with E-state index >= 15 is 0 Å². The van der Waals surface area contributed by atoms with Crippen LogP contribution in [0.15, 0.2) is 30.3 Å². The van der Waals surface area contributed by atoms with E-state index in [0.29, 0.717) is 0 Å². The Morgan fingerprint density at radius 2 is 1.76 bits per heavy atom. The van der Waals surface area contributed by atoms with E-state index in [0.717, 1.165) is 0 Å². The van der Waals surface area contributed by atoms with Gasteiger partial charge in [0.1, 0.15) is 17.5 Å². The number of benzene rings is 1. The average Bonchev–Trinajstić information content (AvgIpc) is 2.81. The van der Waals surface area contributed by atoms with Gasteiger partial charge in [-0.05, 0) is 19.4 Å². The number of thioether (sulfide) groups is 1. The van der Waals surface area contributed by atoms with E-state index in [-0.39, 0.29) is 64.7 Å². The number of β-lactam (4-membered cyclic amide) rings is 1. The first-order valence-electron chi connectivity index (χ1n) is 7.99. The molecule has 2 heterocycles. The number of carboxylic acids is 1. The molecular formula is C16H18N2Na2O7S2. The summed E-state index contributed by atoms with van der Waals surface area (Å²) in [6, 6.07) is 5.31. The van der Waals surface area contributed by atoms with Crippen molar-refractivity contribution < 1.29 is 32.5 Å². The van der Waals surface area contributed by atoms with Crippen LogP contribution in [-0.4, -0.2) is 122 Å². The summed E-state index contributed by atoms with van der Waals surface area (Å²) in [5.74, 6) is -2.78. The fourth-order valence-corrected chi connectivity index (χ4v) is 5.93. The fourth-order valence-electron chi connectivity index (χ4n) is 3.46. The van der Waals surface area contributed by atoms with Crippen molar-refractivity contribution >= 4 is 98.8 Å². The SMILES string of the molecule is CC1(C)S[C@@H]2[C@H](NC(=O)[C@@H](c3ccccc3)S(=O)(=O)O)C(=O)N2[C@H]1C(=O)O.[Na].[Na]. The maximum Gasteiger partial charge on any atom is 0.327 e. The van der Waals surface area contributed by atoms with Crippen LogP contribution in [0, 0.1) is 0 Å². The van der Waals surface area contributed by atoms with E-state index < -0.39 is 55.4 Å². The normalized spacial score (nSPS) is 25.6. The second-order valence-electron chi connectivity index (χ2n) is 6.89. The molecular weight excluding hydrogens is 442 g/mol. The summed E-state index contributed by atoms with van der Waals surface area (Å²) >= 11 is 1.22. The Labute approximate surface area is 216 Å². The van der Waals surface area contributed by atoms with Gasteiger partial charge in [-0.2, -0.15) is 8.42 Å². The molecule has 9 nitrogen and oxygen atoms in total. The number of nitrogens with one attached hydrogen (secondary N) is 1. The third-order valence-electron chi connectivity index (χ3n) is 4.61. The molecule has 0 aromatic heterocycles. The van der Waals surface area contributed by atoms with Crippen molar-refractivity contribution in [2.45, 2.75) is 41.3 Å². The fraction of sp³-hybridized carbons (Fsp3) is 0.438.